The molecule has 0 aromatic heterocycles. The molecule has 0 saturated heterocycles. The van der Waals surface area contributed by atoms with E-state index in [1.807, 2.05) is 18.2 Å². The molecule has 0 amide bonds. The minimum absolute atomic E-state index is 0.420. The summed E-state index contributed by atoms with van der Waals surface area (Å²) in [7, 11) is 0. The van der Waals surface area contributed by atoms with Crippen LogP contribution in [0.15, 0.2) is 30.3 Å². The minimum atomic E-state index is -0.420. The fraction of sp³-hybridized carbons (Fsp3) is 0.571. The summed E-state index contributed by atoms with van der Waals surface area (Å²) in [6, 6.07) is 10.3. The summed E-state index contributed by atoms with van der Waals surface area (Å²) in [5.41, 5.74) is 0.832. The van der Waals surface area contributed by atoms with E-state index in [9.17, 15) is 5.11 Å². The normalized spacial score (nSPS) is 30.3. The number of hydrogen-bond acceptors (Lipinski definition) is 1. The molecule has 2 rings (SSSR count). The molecule has 0 aliphatic heterocycles. The molecule has 15 heavy (non-hydrogen) atoms. The van der Waals surface area contributed by atoms with Gasteiger partial charge in [-0.15, -0.1) is 0 Å². The smallest absolute Gasteiger partial charge is 0.0693 e. The molecule has 1 aromatic rings. The third-order valence-corrected chi connectivity index (χ3v) is 3.60. The molecule has 0 heterocycles. The summed E-state index contributed by atoms with van der Waals surface area (Å²) in [5, 5.41) is 10.3. The van der Waals surface area contributed by atoms with Gasteiger partial charge < -0.3 is 5.11 Å². The van der Waals surface area contributed by atoms with Crippen LogP contribution in [0.2, 0.25) is 0 Å². The Labute approximate surface area is 92.1 Å². The van der Waals surface area contributed by atoms with E-state index in [0.29, 0.717) is 5.92 Å². The van der Waals surface area contributed by atoms with Gasteiger partial charge in [0.15, 0.2) is 0 Å². The largest absolute Gasteiger partial charge is 0.390 e. The van der Waals surface area contributed by atoms with Crippen molar-refractivity contribution in [2.24, 2.45) is 11.8 Å². The minimum Gasteiger partial charge on any atom is -0.390 e. The molecule has 1 N–H and O–H groups in total. The molecule has 1 nitrogen and oxygen atoms in total. The summed E-state index contributed by atoms with van der Waals surface area (Å²) >= 11 is 0. The van der Waals surface area contributed by atoms with Gasteiger partial charge in [-0.3, -0.25) is 0 Å². The van der Waals surface area contributed by atoms with Crippen molar-refractivity contribution >= 4 is 0 Å². The van der Waals surface area contributed by atoms with Crippen molar-refractivity contribution in [3.05, 3.63) is 35.9 Å². The van der Waals surface area contributed by atoms with Gasteiger partial charge >= 0.3 is 0 Å². The zero-order valence-electron chi connectivity index (χ0n) is 9.61. The van der Waals surface area contributed by atoms with Crippen LogP contribution in [0.3, 0.4) is 0 Å². The van der Waals surface area contributed by atoms with E-state index in [0.717, 1.165) is 25.2 Å². The SMILES string of the molecule is CC(C)C1CC(O)(Cc2ccccc2)C1. The fourth-order valence-corrected chi connectivity index (χ4v) is 2.51. The molecule has 1 heteroatoms. The summed E-state index contributed by atoms with van der Waals surface area (Å²) < 4.78 is 0. The lowest BCUT2D eigenvalue weighted by molar-refractivity contribution is -0.0860. The van der Waals surface area contributed by atoms with Gasteiger partial charge in [0.1, 0.15) is 0 Å². The first-order valence-electron chi connectivity index (χ1n) is 5.85. The number of aliphatic hydroxyl groups is 1. The van der Waals surface area contributed by atoms with Crippen molar-refractivity contribution in [1.29, 1.82) is 0 Å². The third kappa shape index (κ3) is 2.40. The molecule has 1 aliphatic carbocycles. The highest BCUT2D eigenvalue weighted by Gasteiger charge is 2.43. The third-order valence-electron chi connectivity index (χ3n) is 3.60. The summed E-state index contributed by atoms with van der Waals surface area (Å²) in [6.45, 7) is 4.49. The second kappa shape index (κ2) is 3.97. The van der Waals surface area contributed by atoms with Gasteiger partial charge in [0.05, 0.1) is 5.60 Å². The van der Waals surface area contributed by atoms with Crippen molar-refractivity contribution in [2.75, 3.05) is 0 Å². The summed E-state index contributed by atoms with van der Waals surface area (Å²) in [4.78, 5) is 0. The molecular weight excluding hydrogens is 184 g/mol. The highest BCUT2D eigenvalue weighted by atomic mass is 16.3. The molecule has 1 fully saturated rings. The number of rotatable bonds is 3. The van der Waals surface area contributed by atoms with Gasteiger partial charge in [-0.25, -0.2) is 0 Å². The van der Waals surface area contributed by atoms with Crippen LogP contribution in [-0.2, 0) is 6.42 Å². The van der Waals surface area contributed by atoms with Crippen molar-refractivity contribution < 1.29 is 5.11 Å². The highest BCUT2D eigenvalue weighted by Crippen LogP contribution is 2.43. The summed E-state index contributed by atoms with van der Waals surface area (Å²) in [6.07, 6.45) is 2.76. The Morgan fingerprint density at radius 2 is 1.87 bits per heavy atom. The Hall–Kier alpha value is -0.820. The Morgan fingerprint density at radius 3 is 2.40 bits per heavy atom. The maximum atomic E-state index is 10.3. The van der Waals surface area contributed by atoms with Crippen molar-refractivity contribution in [2.45, 2.75) is 38.7 Å². The predicted octanol–water partition coefficient (Wildman–Crippen LogP) is 3.03. The van der Waals surface area contributed by atoms with Crippen LogP contribution in [0.5, 0.6) is 0 Å². The Balaban J connectivity index is 1.92. The van der Waals surface area contributed by atoms with E-state index in [1.165, 1.54) is 5.56 Å². The average molecular weight is 204 g/mol. The highest BCUT2D eigenvalue weighted by molar-refractivity contribution is 5.18. The summed E-state index contributed by atoms with van der Waals surface area (Å²) in [5.74, 6) is 1.43. The first kappa shape index (κ1) is 10.7. The van der Waals surface area contributed by atoms with Crippen molar-refractivity contribution in [1.82, 2.24) is 0 Å². The van der Waals surface area contributed by atoms with Crippen LogP contribution < -0.4 is 0 Å². The van der Waals surface area contributed by atoms with Crippen LogP contribution >= 0.6 is 0 Å². The number of hydrogen-bond donors (Lipinski definition) is 1. The molecule has 0 atom stereocenters. The first-order valence-corrected chi connectivity index (χ1v) is 5.85. The second-order valence-corrected chi connectivity index (χ2v) is 5.30. The second-order valence-electron chi connectivity index (χ2n) is 5.30. The van der Waals surface area contributed by atoms with Crippen molar-refractivity contribution in [3.63, 3.8) is 0 Å². The first-order chi connectivity index (χ1) is 7.09. The van der Waals surface area contributed by atoms with E-state index in [2.05, 4.69) is 26.0 Å². The zero-order valence-corrected chi connectivity index (χ0v) is 9.61. The van der Waals surface area contributed by atoms with Crippen LogP contribution in [0, 0.1) is 11.8 Å². The molecule has 1 aromatic carbocycles. The van der Waals surface area contributed by atoms with E-state index < -0.39 is 5.60 Å². The van der Waals surface area contributed by atoms with Crippen molar-refractivity contribution in [3.8, 4) is 0 Å². The van der Waals surface area contributed by atoms with Gasteiger partial charge in [0.25, 0.3) is 0 Å². The molecule has 0 spiro atoms. The van der Waals surface area contributed by atoms with Crippen LogP contribution in [-0.4, -0.2) is 10.7 Å². The van der Waals surface area contributed by atoms with E-state index in [4.69, 9.17) is 0 Å². The van der Waals surface area contributed by atoms with E-state index >= 15 is 0 Å². The zero-order chi connectivity index (χ0) is 10.9. The van der Waals surface area contributed by atoms with Crippen LogP contribution in [0.25, 0.3) is 0 Å². The van der Waals surface area contributed by atoms with Gasteiger partial charge in [0.2, 0.25) is 0 Å². The quantitative estimate of drug-likeness (QED) is 0.802. The standard InChI is InChI=1S/C14H20O/c1-11(2)13-9-14(15,10-13)8-12-6-4-3-5-7-12/h3-7,11,13,15H,8-10H2,1-2H3. The Kier molecular flexibility index (Phi) is 2.83. The van der Waals surface area contributed by atoms with Gasteiger partial charge in [0, 0.05) is 6.42 Å². The van der Waals surface area contributed by atoms with Gasteiger partial charge in [-0.1, -0.05) is 44.2 Å². The Bertz CT molecular complexity index is 309. The fourth-order valence-electron chi connectivity index (χ4n) is 2.51. The van der Waals surface area contributed by atoms with Crippen LogP contribution in [0.4, 0.5) is 0 Å². The van der Waals surface area contributed by atoms with E-state index in [1.54, 1.807) is 0 Å². The molecule has 1 aliphatic rings. The lowest BCUT2D eigenvalue weighted by atomic mass is 9.64. The monoisotopic (exact) mass is 204 g/mol. The lowest BCUT2D eigenvalue weighted by Crippen LogP contribution is -2.47. The molecule has 82 valence electrons. The molecular formula is C14H20O. The molecule has 1 saturated carbocycles. The molecule has 0 bridgehead atoms. The molecule has 0 radical (unpaired) electrons. The molecule has 0 unspecified atom stereocenters. The maximum Gasteiger partial charge on any atom is 0.0693 e. The van der Waals surface area contributed by atoms with Gasteiger partial charge in [-0.05, 0) is 30.2 Å². The predicted molar refractivity (Wildman–Crippen MR) is 62.7 cm³/mol. The number of benzene rings is 1. The van der Waals surface area contributed by atoms with Gasteiger partial charge in [-0.2, -0.15) is 0 Å². The lowest BCUT2D eigenvalue weighted by Gasteiger charge is -2.46. The Morgan fingerprint density at radius 1 is 1.27 bits per heavy atom. The maximum absolute atomic E-state index is 10.3. The average Bonchev–Trinajstić information content (AvgIpc) is 2.15. The van der Waals surface area contributed by atoms with E-state index in [-0.39, 0.29) is 0 Å². The van der Waals surface area contributed by atoms with Crippen LogP contribution in [0.1, 0.15) is 32.3 Å². The topological polar surface area (TPSA) is 20.2 Å².